The number of piperidine rings is 1. The summed E-state index contributed by atoms with van der Waals surface area (Å²) in [5.74, 6) is -0.221. The van der Waals surface area contributed by atoms with Crippen LogP contribution in [0.25, 0.3) is 0 Å². The third-order valence-corrected chi connectivity index (χ3v) is 2.43. The van der Waals surface area contributed by atoms with E-state index in [9.17, 15) is 13.2 Å². The molecule has 0 radical (unpaired) electrons. The van der Waals surface area contributed by atoms with Crippen LogP contribution in [0.15, 0.2) is 6.20 Å². The highest BCUT2D eigenvalue weighted by Gasteiger charge is 2.37. The lowest BCUT2D eigenvalue weighted by Crippen LogP contribution is -2.37. The lowest BCUT2D eigenvalue weighted by atomic mass is 10.1. The first-order chi connectivity index (χ1) is 7.57. The molecule has 0 aromatic carbocycles. The molecule has 1 atom stereocenters. The minimum absolute atomic E-state index is 0.215. The molecule has 0 saturated carbocycles. The van der Waals surface area contributed by atoms with E-state index in [0.29, 0.717) is 6.54 Å². The molecule has 0 aliphatic carbocycles. The van der Waals surface area contributed by atoms with Gasteiger partial charge in [-0.25, -0.2) is 0 Å². The van der Waals surface area contributed by atoms with Crippen LogP contribution in [0.3, 0.4) is 0 Å². The van der Waals surface area contributed by atoms with E-state index in [-0.39, 0.29) is 11.9 Å². The van der Waals surface area contributed by atoms with Crippen LogP contribution in [0.2, 0.25) is 0 Å². The van der Waals surface area contributed by atoms with Crippen molar-refractivity contribution in [2.45, 2.75) is 25.1 Å². The molecular formula is C9H12F3N3O. The summed E-state index contributed by atoms with van der Waals surface area (Å²) in [7, 11) is 0. The maximum absolute atomic E-state index is 12.5. The molecule has 7 heteroatoms. The summed E-state index contributed by atoms with van der Waals surface area (Å²) in [6, 6.07) is 0. The number of rotatable bonds is 2. The van der Waals surface area contributed by atoms with Gasteiger partial charge in [0.2, 0.25) is 0 Å². The molecule has 1 aliphatic heterocycles. The minimum atomic E-state index is -4.45. The van der Waals surface area contributed by atoms with Gasteiger partial charge in [0.05, 0.1) is 6.20 Å². The molecule has 1 unspecified atom stereocenters. The topological polar surface area (TPSA) is 49.9 Å². The van der Waals surface area contributed by atoms with Gasteiger partial charge in [0.1, 0.15) is 6.10 Å². The molecular weight excluding hydrogens is 223 g/mol. The SMILES string of the molecule is FC(F)(F)c1[nH]ncc1OC1CCCNC1. The Morgan fingerprint density at radius 2 is 2.25 bits per heavy atom. The summed E-state index contributed by atoms with van der Waals surface area (Å²) < 4.78 is 42.7. The van der Waals surface area contributed by atoms with Crippen molar-refractivity contribution in [1.29, 1.82) is 0 Å². The lowest BCUT2D eigenvalue weighted by molar-refractivity contribution is -0.142. The predicted octanol–water partition coefficient (Wildman–Crippen LogP) is 1.56. The summed E-state index contributed by atoms with van der Waals surface area (Å²) in [5.41, 5.74) is -0.918. The quantitative estimate of drug-likeness (QED) is 0.817. The predicted molar refractivity (Wildman–Crippen MR) is 50.1 cm³/mol. The van der Waals surface area contributed by atoms with Crippen molar-refractivity contribution >= 4 is 0 Å². The van der Waals surface area contributed by atoms with Crippen molar-refractivity contribution < 1.29 is 17.9 Å². The second-order valence-electron chi connectivity index (χ2n) is 3.69. The highest BCUT2D eigenvalue weighted by atomic mass is 19.4. The van der Waals surface area contributed by atoms with Crippen LogP contribution in [-0.2, 0) is 6.18 Å². The number of aromatic nitrogens is 2. The number of aromatic amines is 1. The number of H-pyrrole nitrogens is 1. The summed E-state index contributed by atoms with van der Waals surface area (Å²) in [5, 5.41) is 8.35. The van der Waals surface area contributed by atoms with Crippen LogP contribution in [0, 0.1) is 0 Å². The largest absolute Gasteiger partial charge is 0.485 e. The molecule has 0 amide bonds. The van der Waals surface area contributed by atoms with E-state index >= 15 is 0 Å². The number of ether oxygens (including phenoxy) is 1. The number of hydrogen-bond acceptors (Lipinski definition) is 3. The van der Waals surface area contributed by atoms with Gasteiger partial charge in [-0.05, 0) is 19.4 Å². The third kappa shape index (κ3) is 2.46. The number of alkyl halides is 3. The normalized spacial score (nSPS) is 22.1. The number of nitrogens with zero attached hydrogens (tertiary/aromatic N) is 1. The summed E-state index contributed by atoms with van der Waals surface area (Å²) in [6.07, 6.45) is -1.93. The zero-order chi connectivity index (χ0) is 11.6. The van der Waals surface area contributed by atoms with Gasteiger partial charge in [0, 0.05) is 6.54 Å². The molecule has 90 valence electrons. The van der Waals surface area contributed by atoms with Crippen molar-refractivity contribution in [3.05, 3.63) is 11.9 Å². The smallest absolute Gasteiger partial charge is 0.436 e. The standard InChI is InChI=1S/C9H12F3N3O/c10-9(11,12)8-7(5-14-15-8)16-6-2-1-3-13-4-6/h5-6,13H,1-4H2,(H,14,15). The fourth-order valence-electron chi connectivity index (χ4n) is 1.67. The number of nitrogens with one attached hydrogen (secondary N) is 2. The van der Waals surface area contributed by atoms with Crippen LogP contribution in [0.4, 0.5) is 13.2 Å². The third-order valence-electron chi connectivity index (χ3n) is 2.43. The first-order valence-electron chi connectivity index (χ1n) is 5.05. The van der Waals surface area contributed by atoms with E-state index in [2.05, 4.69) is 10.4 Å². The fraction of sp³-hybridized carbons (Fsp3) is 0.667. The van der Waals surface area contributed by atoms with Gasteiger partial charge in [-0.15, -0.1) is 0 Å². The Kier molecular flexibility index (Phi) is 3.04. The highest BCUT2D eigenvalue weighted by Crippen LogP contribution is 2.34. The van der Waals surface area contributed by atoms with Crippen LogP contribution in [0.5, 0.6) is 5.75 Å². The zero-order valence-electron chi connectivity index (χ0n) is 8.47. The Balaban J connectivity index is 2.06. The van der Waals surface area contributed by atoms with Crippen LogP contribution >= 0.6 is 0 Å². The minimum Gasteiger partial charge on any atom is -0.485 e. The molecule has 1 fully saturated rings. The van der Waals surface area contributed by atoms with Crippen molar-refractivity contribution in [1.82, 2.24) is 15.5 Å². The maximum Gasteiger partial charge on any atom is 0.436 e. The highest BCUT2D eigenvalue weighted by molar-refractivity contribution is 5.26. The van der Waals surface area contributed by atoms with E-state index in [0.717, 1.165) is 25.6 Å². The van der Waals surface area contributed by atoms with Gasteiger partial charge in [-0.2, -0.15) is 18.3 Å². The van der Waals surface area contributed by atoms with Gasteiger partial charge >= 0.3 is 6.18 Å². The molecule has 2 heterocycles. The molecule has 1 saturated heterocycles. The molecule has 1 aromatic rings. The Morgan fingerprint density at radius 1 is 1.44 bits per heavy atom. The van der Waals surface area contributed by atoms with Crippen molar-refractivity contribution in [2.24, 2.45) is 0 Å². The van der Waals surface area contributed by atoms with Crippen molar-refractivity contribution in [3.63, 3.8) is 0 Å². The van der Waals surface area contributed by atoms with Crippen LogP contribution in [-0.4, -0.2) is 29.4 Å². The maximum atomic E-state index is 12.5. The van der Waals surface area contributed by atoms with Crippen LogP contribution in [0.1, 0.15) is 18.5 Å². The Bertz CT molecular complexity index is 344. The molecule has 2 N–H and O–H groups in total. The average Bonchev–Trinajstić information content (AvgIpc) is 2.67. The van der Waals surface area contributed by atoms with E-state index in [1.165, 1.54) is 0 Å². The van der Waals surface area contributed by atoms with Crippen molar-refractivity contribution in [3.8, 4) is 5.75 Å². The lowest BCUT2D eigenvalue weighted by Gasteiger charge is -2.23. The number of halogens is 3. The summed E-state index contributed by atoms with van der Waals surface area (Å²) >= 11 is 0. The average molecular weight is 235 g/mol. The second-order valence-corrected chi connectivity index (χ2v) is 3.69. The Labute approximate surface area is 90.2 Å². The molecule has 2 rings (SSSR count). The molecule has 4 nitrogen and oxygen atoms in total. The molecule has 0 spiro atoms. The van der Waals surface area contributed by atoms with Gasteiger partial charge in [-0.3, -0.25) is 5.10 Å². The Morgan fingerprint density at radius 3 is 2.88 bits per heavy atom. The molecule has 0 bridgehead atoms. The van der Waals surface area contributed by atoms with E-state index in [1.807, 2.05) is 5.10 Å². The van der Waals surface area contributed by atoms with Gasteiger partial charge < -0.3 is 10.1 Å². The van der Waals surface area contributed by atoms with E-state index in [1.54, 1.807) is 0 Å². The van der Waals surface area contributed by atoms with E-state index in [4.69, 9.17) is 4.74 Å². The Hall–Kier alpha value is -1.24. The number of hydrogen-bond donors (Lipinski definition) is 2. The van der Waals surface area contributed by atoms with Gasteiger partial charge in [-0.1, -0.05) is 0 Å². The monoisotopic (exact) mass is 235 g/mol. The van der Waals surface area contributed by atoms with Crippen LogP contribution < -0.4 is 10.1 Å². The van der Waals surface area contributed by atoms with Gasteiger partial charge in [0.15, 0.2) is 11.4 Å². The first-order valence-corrected chi connectivity index (χ1v) is 5.05. The fourth-order valence-corrected chi connectivity index (χ4v) is 1.67. The van der Waals surface area contributed by atoms with E-state index < -0.39 is 11.9 Å². The first kappa shape index (κ1) is 11.3. The molecule has 1 aromatic heterocycles. The summed E-state index contributed by atoms with van der Waals surface area (Å²) in [6.45, 7) is 1.46. The van der Waals surface area contributed by atoms with Crippen molar-refractivity contribution in [2.75, 3.05) is 13.1 Å². The van der Waals surface area contributed by atoms with Gasteiger partial charge in [0.25, 0.3) is 0 Å². The molecule has 1 aliphatic rings. The second kappa shape index (κ2) is 4.32. The molecule has 16 heavy (non-hydrogen) atoms. The zero-order valence-corrected chi connectivity index (χ0v) is 8.47. The summed E-state index contributed by atoms with van der Waals surface area (Å²) in [4.78, 5) is 0.